The molecule has 6 heteroatoms. The number of H-pyrrole nitrogens is 1. The van der Waals surface area contributed by atoms with Crippen molar-refractivity contribution in [1.29, 1.82) is 0 Å². The van der Waals surface area contributed by atoms with Crippen molar-refractivity contribution >= 4 is 34.6 Å². The number of fused-ring (bicyclic) bond motifs is 1. The third-order valence-electron chi connectivity index (χ3n) is 4.70. The molecule has 3 rings (SSSR count). The maximum atomic E-state index is 12.6. The summed E-state index contributed by atoms with van der Waals surface area (Å²) in [4.78, 5) is 33.3. The number of amides is 2. The first-order valence-electron chi connectivity index (χ1n) is 9.40. The van der Waals surface area contributed by atoms with Crippen LogP contribution in [-0.4, -0.2) is 33.7 Å². The predicted molar refractivity (Wildman–Crippen MR) is 116 cm³/mol. The number of carbonyl (C=O) groups excluding carboxylic acids is 2. The van der Waals surface area contributed by atoms with Gasteiger partial charge in [0.2, 0.25) is 11.8 Å². The molecule has 2 amide bonds. The zero-order valence-corrected chi connectivity index (χ0v) is 16.7. The number of aromatic amines is 1. The molecule has 2 N–H and O–H groups in total. The number of nitrogens with zero attached hydrogens (tertiary/aromatic N) is 2. The zero-order valence-electron chi connectivity index (χ0n) is 16.7. The highest BCUT2D eigenvalue weighted by Gasteiger charge is 2.17. The molecule has 0 fully saturated rings. The van der Waals surface area contributed by atoms with E-state index in [-0.39, 0.29) is 17.9 Å². The quantitative estimate of drug-likeness (QED) is 0.618. The van der Waals surface area contributed by atoms with Gasteiger partial charge in [0, 0.05) is 30.5 Å². The molecular formula is C23H24N4O2. The summed E-state index contributed by atoms with van der Waals surface area (Å²) in [6.07, 6.45) is 7.93. The van der Waals surface area contributed by atoms with Crippen LogP contribution in [0.1, 0.15) is 31.1 Å². The molecule has 6 nitrogen and oxygen atoms in total. The van der Waals surface area contributed by atoms with Crippen LogP contribution in [0.25, 0.3) is 17.0 Å². The molecule has 148 valence electrons. The molecule has 1 atom stereocenters. The van der Waals surface area contributed by atoms with Gasteiger partial charge >= 0.3 is 0 Å². The molecule has 29 heavy (non-hydrogen) atoms. The maximum Gasteiger partial charge on any atom is 0.249 e. The van der Waals surface area contributed by atoms with Gasteiger partial charge in [0.15, 0.2) is 0 Å². The number of aromatic nitrogens is 2. The van der Waals surface area contributed by atoms with Gasteiger partial charge in [-0.1, -0.05) is 24.3 Å². The number of anilines is 1. The largest absolute Gasteiger partial charge is 0.357 e. The minimum absolute atomic E-state index is 0.0955. The molecule has 0 radical (unpaired) electrons. The highest BCUT2D eigenvalue weighted by Crippen LogP contribution is 2.23. The van der Waals surface area contributed by atoms with E-state index in [1.807, 2.05) is 31.2 Å². The summed E-state index contributed by atoms with van der Waals surface area (Å²) in [7, 11) is 1.78. The number of benzene rings is 1. The van der Waals surface area contributed by atoms with E-state index in [1.165, 1.54) is 12.2 Å². The van der Waals surface area contributed by atoms with Gasteiger partial charge in [-0.05, 0) is 61.2 Å². The van der Waals surface area contributed by atoms with Crippen molar-refractivity contribution < 1.29 is 9.59 Å². The van der Waals surface area contributed by atoms with E-state index in [2.05, 4.69) is 21.4 Å². The lowest BCUT2D eigenvalue weighted by Crippen LogP contribution is -2.28. The van der Waals surface area contributed by atoms with Gasteiger partial charge in [-0.3, -0.25) is 9.59 Å². The molecular weight excluding hydrogens is 364 g/mol. The minimum atomic E-state index is -0.231. The van der Waals surface area contributed by atoms with E-state index in [0.717, 1.165) is 22.2 Å². The highest BCUT2D eigenvalue weighted by atomic mass is 16.2. The topological polar surface area (TPSA) is 78.1 Å². The van der Waals surface area contributed by atoms with Crippen molar-refractivity contribution in [2.24, 2.45) is 0 Å². The van der Waals surface area contributed by atoms with Crippen LogP contribution in [0.5, 0.6) is 0 Å². The molecule has 0 saturated carbocycles. The lowest BCUT2D eigenvalue weighted by atomic mass is 10.2. The Morgan fingerprint density at radius 2 is 1.97 bits per heavy atom. The second-order valence-corrected chi connectivity index (χ2v) is 6.74. The van der Waals surface area contributed by atoms with Crippen molar-refractivity contribution in [3.8, 4) is 0 Å². The number of allylic oxidation sites excluding steroid dienone is 1. The molecule has 0 aliphatic carbocycles. The Morgan fingerprint density at radius 3 is 2.66 bits per heavy atom. The average molecular weight is 388 g/mol. The number of carbonyl (C=O) groups is 2. The summed E-state index contributed by atoms with van der Waals surface area (Å²) in [5, 5.41) is 3.78. The molecule has 0 spiro atoms. The number of para-hydroxylation sites is 1. The Bertz CT molecular complexity index is 1030. The summed E-state index contributed by atoms with van der Waals surface area (Å²) in [6.45, 7) is 3.76. The number of nitrogens with one attached hydrogen (secondary N) is 2. The first-order chi connectivity index (χ1) is 14.0. The fourth-order valence-corrected chi connectivity index (χ4v) is 2.90. The Labute approximate surface area is 170 Å². The Balaban J connectivity index is 1.63. The summed E-state index contributed by atoms with van der Waals surface area (Å²) in [6, 6.07) is 13.5. The Morgan fingerprint density at radius 1 is 1.17 bits per heavy atom. The van der Waals surface area contributed by atoms with Crippen molar-refractivity contribution in [1.82, 2.24) is 14.9 Å². The van der Waals surface area contributed by atoms with Crippen LogP contribution in [0, 0.1) is 0 Å². The van der Waals surface area contributed by atoms with E-state index in [1.54, 1.807) is 49.4 Å². The van der Waals surface area contributed by atoms with Gasteiger partial charge < -0.3 is 15.2 Å². The summed E-state index contributed by atoms with van der Waals surface area (Å²) >= 11 is 0. The molecule has 2 heterocycles. The van der Waals surface area contributed by atoms with E-state index in [4.69, 9.17) is 0 Å². The van der Waals surface area contributed by atoms with Crippen molar-refractivity contribution in [3.05, 3.63) is 78.1 Å². The van der Waals surface area contributed by atoms with Gasteiger partial charge in [0.05, 0.1) is 6.04 Å². The molecule has 2 aromatic heterocycles. The van der Waals surface area contributed by atoms with Gasteiger partial charge in [-0.15, -0.1) is 0 Å². The smallest absolute Gasteiger partial charge is 0.249 e. The molecule has 3 aromatic rings. The molecule has 0 aliphatic rings. The van der Waals surface area contributed by atoms with Crippen LogP contribution < -0.4 is 5.32 Å². The van der Waals surface area contributed by atoms with Crippen LogP contribution in [0.3, 0.4) is 0 Å². The number of hydrogen-bond acceptors (Lipinski definition) is 3. The molecule has 1 aromatic carbocycles. The molecule has 1 unspecified atom stereocenters. The lowest BCUT2D eigenvalue weighted by molar-refractivity contribution is -0.126. The first-order valence-corrected chi connectivity index (χ1v) is 9.40. The number of hydrogen-bond donors (Lipinski definition) is 2. The van der Waals surface area contributed by atoms with Gasteiger partial charge in [0.25, 0.3) is 0 Å². The average Bonchev–Trinajstić information content (AvgIpc) is 3.16. The van der Waals surface area contributed by atoms with Gasteiger partial charge in [0.1, 0.15) is 5.82 Å². The fourth-order valence-electron chi connectivity index (χ4n) is 2.90. The SMILES string of the molecule is C/C=C/C(=O)Nc1ccc(/C=C/C(=O)N(C)C(C)c2cc3ccccc3[nH]2)cn1. The number of pyridine rings is 1. The van der Waals surface area contributed by atoms with Crippen LogP contribution in [-0.2, 0) is 9.59 Å². The van der Waals surface area contributed by atoms with Gasteiger partial charge in [-0.25, -0.2) is 4.98 Å². The lowest BCUT2D eigenvalue weighted by Gasteiger charge is -2.22. The van der Waals surface area contributed by atoms with Gasteiger partial charge in [-0.2, -0.15) is 0 Å². The van der Waals surface area contributed by atoms with Crippen molar-refractivity contribution in [2.75, 3.05) is 12.4 Å². The standard InChI is InChI=1S/C23H24N4O2/c1-4-7-22(28)26-21-12-10-17(15-24-21)11-13-23(29)27(3)16(2)20-14-18-8-5-6-9-19(18)25-20/h4-16,25H,1-3H3,(H,24,26,28)/b7-4+,13-11+. The van der Waals surface area contributed by atoms with E-state index in [0.29, 0.717) is 5.82 Å². The van der Waals surface area contributed by atoms with E-state index in [9.17, 15) is 9.59 Å². The summed E-state index contributed by atoms with van der Waals surface area (Å²) in [5.74, 6) is 0.119. The predicted octanol–water partition coefficient (Wildman–Crippen LogP) is 4.31. The van der Waals surface area contributed by atoms with Crippen LogP contribution in [0.2, 0.25) is 0 Å². The molecule has 0 bridgehead atoms. The highest BCUT2D eigenvalue weighted by molar-refractivity contribution is 5.98. The summed E-state index contributed by atoms with van der Waals surface area (Å²) < 4.78 is 0. The second-order valence-electron chi connectivity index (χ2n) is 6.74. The summed E-state index contributed by atoms with van der Waals surface area (Å²) in [5.41, 5.74) is 2.81. The van der Waals surface area contributed by atoms with Crippen LogP contribution in [0.4, 0.5) is 5.82 Å². The number of likely N-dealkylation sites (N-methyl/N-ethyl adjacent to an activating group) is 1. The molecule has 0 saturated heterocycles. The normalized spacial score (nSPS) is 12.5. The molecule has 0 aliphatic heterocycles. The third-order valence-corrected chi connectivity index (χ3v) is 4.70. The van der Waals surface area contributed by atoms with E-state index < -0.39 is 0 Å². The second kappa shape index (κ2) is 9.01. The van der Waals surface area contributed by atoms with Crippen molar-refractivity contribution in [3.63, 3.8) is 0 Å². The van der Waals surface area contributed by atoms with Crippen LogP contribution >= 0.6 is 0 Å². The Kier molecular flexibility index (Phi) is 6.24. The minimum Gasteiger partial charge on any atom is -0.357 e. The monoisotopic (exact) mass is 388 g/mol. The Hall–Kier alpha value is -3.67. The number of rotatable bonds is 6. The first kappa shape index (κ1) is 20.1. The zero-order chi connectivity index (χ0) is 20.8. The fraction of sp³-hybridized carbons (Fsp3) is 0.174. The van der Waals surface area contributed by atoms with Crippen molar-refractivity contribution in [2.45, 2.75) is 19.9 Å². The maximum absolute atomic E-state index is 12.6. The van der Waals surface area contributed by atoms with Crippen LogP contribution in [0.15, 0.2) is 66.9 Å². The third kappa shape index (κ3) is 4.99. The van der Waals surface area contributed by atoms with E-state index >= 15 is 0 Å².